The number of amides is 1. The highest BCUT2D eigenvalue weighted by Crippen LogP contribution is 2.22. The van der Waals surface area contributed by atoms with Crippen LogP contribution in [-0.2, 0) is 19.4 Å². The van der Waals surface area contributed by atoms with E-state index in [0.29, 0.717) is 13.0 Å². The van der Waals surface area contributed by atoms with Crippen molar-refractivity contribution in [3.63, 3.8) is 0 Å². The fourth-order valence-corrected chi connectivity index (χ4v) is 5.33. The maximum absolute atomic E-state index is 13.0. The standard InChI is InChI=1S/C22H29N3O6S/c1-3-5-12-24(18-11-13-32(28,29)16-18)20(26)15-31-19-14-25(17-9-7-6-8-10-17)23-21(19)22(27)30-4-2/h6-10,14,18H,3-5,11-13,15-16H2,1-2H3. The minimum atomic E-state index is -3.13. The molecule has 10 heteroatoms. The Morgan fingerprint density at radius 3 is 2.59 bits per heavy atom. The molecule has 2 heterocycles. The average molecular weight is 464 g/mol. The first-order chi connectivity index (χ1) is 15.3. The van der Waals surface area contributed by atoms with Crippen molar-refractivity contribution in [3.05, 3.63) is 42.2 Å². The molecule has 0 saturated carbocycles. The summed E-state index contributed by atoms with van der Waals surface area (Å²) in [6.07, 6.45) is 3.60. The topological polar surface area (TPSA) is 108 Å². The van der Waals surface area contributed by atoms with Gasteiger partial charge in [-0.05, 0) is 31.9 Å². The SMILES string of the molecule is CCCCN(C(=O)COc1cn(-c2ccccc2)nc1C(=O)OCC)C1CCS(=O)(=O)C1. The Labute approximate surface area is 188 Å². The van der Waals surface area contributed by atoms with Crippen LogP contribution >= 0.6 is 0 Å². The highest BCUT2D eigenvalue weighted by Gasteiger charge is 2.34. The van der Waals surface area contributed by atoms with Crippen LogP contribution < -0.4 is 4.74 Å². The second-order valence-electron chi connectivity index (χ2n) is 7.63. The number of nitrogens with zero attached hydrogens (tertiary/aromatic N) is 3. The van der Waals surface area contributed by atoms with Crippen molar-refractivity contribution in [2.24, 2.45) is 0 Å². The molecule has 0 N–H and O–H groups in total. The molecule has 2 aromatic rings. The number of hydrogen-bond donors (Lipinski definition) is 0. The zero-order valence-corrected chi connectivity index (χ0v) is 19.2. The molecule has 1 fully saturated rings. The van der Waals surface area contributed by atoms with Gasteiger partial charge in [0.15, 0.2) is 22.2 Å². The second kappa shape index (κ2) is 10.6. The fourth-order valence-electron chi connectivity index (χ4n) is 3.60. The molecule has 0 radical (unpaired) electrons. The number of esters is 1. The van der Waals surface area contributed by atoms with E-state index in [1.165, 1.54) is 10.9 Å². The predicted octanol–water partition coefficient (Wildman–Crippen LogP) is 2.24. The molecule has 9 nitrogen and oxygen atoms in total. The van der Waals surface area contributed by atoms with Gasteiger partial charge in [-0.3, -0.25) is 4.79 Å². The number of benzene rings is 1. The van der Waals surface area contributed by atoms with E-state index < -0.39 is 15.8 Å². The lowest BCUT2D eigenvalue weighted by molar-refractivity contribution is -0.135. The normalized spacial score (nSPS) is 17.1. The third-order valence-electron chi connectivity index (χ3n) is 5.24. The third kappa shape index (κ3) is 5.87. The number of rotatable bonds is 10. The van der Waals surface area contributed by atoms with E-state index in [0.717, 1.165) is 18.5 Å². The van der Waals surface area contributed by atoms with Crippen molar-refractivity contribution < 1.29 is 27.5 Å². The van der Waals surface area contributed by atoms with E-state index in [1.807, 2.05) is 37.3 Å². The number of sulfone groups is 1. The third-order valence-corrected chi connectivity index (χ3v) is 6.99. The second-order valence-corrected chi connectivity index (χ2v) is 9.86. The maximum atomic E-state index is 13.0. The highest BCUT2D eigenvalue weighted by molar-refractivity contribution is 7.91. The average Bonchev–Trinajstić information content (AvgIpc) is 3.36. The zero-order chi connectivity index (χ0) is 23.1. The van der Waals surface area contributed by atoms with Crippen LogP contribution in [0.3, 0.4) is 0 Å². The van der Waals surface area contributed by atoms with Gasteiger partial charge in [-0.25, -0.2) is 17.9 Å². The molecule has 174 valence electrons. The smallest absolute Gasteiger partial charge is 0.362 e. The van der Waals surface area contributed by atoms with Crippen molar-refractivity contribution in [1.29, 1.82) is 0 Å². The molecular formula is C22H29N3O6S. The quantitative estimate of drug-likeness (QED) is 0.497. The summed E-state index contributed by atoms with van der Waals surface area (Å²) in [5.41, 5.74) is 0.701. The van der Waals surface area contributed by atoms with Gasteiger partial charge < -0.3 is 14.4 Å². The Morgan fingerprint density at radius 1 is 1.22 bits per heavy atom. The number of carbonyl (C=O) groups excluding carboxylic acids is 2. The largest absolute Gasteiger partial charge is 0.480 e. The first-order valence-corrected chi connectivity index (χ1v) is 12.6. The van der Waals surface area contributed by atoms with E-state index in [4.69, 9.17) is 9.47 Å². The van der Waals surface area contributed by atoms with Crippen LogP contribution in [0.4, 0.5) is 0 Å². The van der Waals surface area contributed by atoms with Gasteiger partial charge in [0.1, 0.15) is 0 Å². The molecule has 1 aromatic heterocycles. The van der Waals surface area contributed by atoms with Crippen LogP contribution in [0.1, 0.15) is 43.6 Å². The van der Waals surface area contributed by atoms with Gasteiger partial charge >= 0.3 is 5.97 Å². The van der Waals surface area contributed by atoms with Crippen LogP contribution in [0.15, 0.2) is 36.5 Å². The number of carbonyl (C=O) groups is 2. The van der Waals surface area contributed by atoms with Crippen molar-refractivity contribution >= 4 is 21.7 Å². The van der Waals surface area contributed by atoms with Gasteiger partial charge in [-0.15, -0.1) is 0 Å². The van der Waals surface area contributed by atoms with Crippen LogP contribution in [0.2, 0.25) is 0 Å². The number of unbranched alkanes of at least 4 members (excludes halogenated alkanes) is 1. The van der Waals surface area contributed by atoms with Crippen molar-refractivity contribution in [2.75, 3.05) is 31.3 Å². The van der Waals surface area contributed by atoms with E-state index >= 15 is 0 Å². The Kier molecular flexibility index (Phi) is 7.89. The Bertz CT molecular complexity index is 1040. The van der Waals surface area contributed by atoms with Crippen LogP contribution in [0, 0.1) is 0 Å². The molecule has 0 aliphatic carbocycles. The van der Waals surface area contributed by atoms with Crippen LogP contribution in [0.5, 0.6) is 5.75 Å². The number of hydrogen-bond acceptors (Lipinski definition) is 7. The van der Waals surface area contributed by atoms with E-state index in [1.54, 1.807) is 11.8 Å². The Hall–Kier alpha value is -2.88. The minimum absolute atomic E-state index is 0.0212. The predicted molar refractivity (Wildman–Crippen MR) is 119 cm³/mol. The summed E-state index contributed by atoms with van der Waals surface area (Å²) in [5.74, 6) is -0.763. The molecule has 0 bridgehead atoms. The first kappa shape index (κ1) is 23.8. The zero-order valence-electron chi connectivity index (χ0n) is 18.4. The van der Waals surface area contributed by atoms with Crippen LogP contribution in [0.25, 0.3) is 5.69 Å². The summed E-state index contributed by atoms with van der Waals surface area (Å²) >= 11 is 0. The summed E-state index contributed by atoms with van der Waals surface area (Å²) in [7, 11) is -3.13. The monoisotopic (exact) mass is 463 g/mol. The van der Waals surface area contributed by atoms with Gasteiger partial charge in [0.25, 0.3) is 5.91 Å². The van der Waals surface area contributed by atoms with Gasteiger partial charge in [0.05, 0.1) is 30.0 Å². The summed E-state index contributed by atoms with van der Waals surface area (Å²) in [6, 6.07) is 8.84. The van der Waals surface area contributed by atoms with Gasteiger partial charge in [0, 0.05) is 12.6 Å². The molecule has 1 aliphatic heterocycles. The van der Waals surface area contributed by atoms with E-state index in [9.17, 15) is 18.0 Å². The van der Waals surface area contributed by atoms with Crippen molar-refractivity contribution in [2.45, 2.75) is 39.2 Å². The molecule has 32 heavy (non-hydrogen) atoms. The van der Waals surface area contributed by atoms with Gasteiger partial charge in [-0.2, -0.15) is 5.10 Å². The molecule has 1 aromatic carbocycles. The maximum Gasteiger partial charge on any atom is 0.362 e. The fraction of sp³-hybridized carbons (Fsp3) is 0.500. The van der Waals surface area contributed by atoms with Crippen LogP contribution in [-0.4, -0.2) is 72.3 Å². The van der Waals surface area contributed by atoms with E-state index in [-0.39, 0.29) is 48.1 Å². The molecule has 3 rings (SSSR count). The van der Waals surface area contributed by atoms with E-state index in [2.05, 4.69) is 5.10 Å². The number of ether oxygens (including phenoxy) is 2. The molecule has 1 amide bonds. The molecule has 0 spiro atoms. The number of aromatic nitrogens is 2. The molecular weight excluding hydrogens is 434 g/mol. The lowest BCUT2D eigenvalue weighted by Gasteiger charge is -2.28. The minimum Gasteiger partial charge on any atom is -0.480 e. The molecule has 1 unspecified atom stereocenters. The van der Waals surface area contributed by atoms with Crippen molar-refractivity contribution in [3.8, 4) is 11.4 Å². The summed E-state index contributed by atoms with van der Waals surface area (Å²) in [4.78, 5) is 26.9. The molecule has 1 saturated heterocycles. The Morgan fingerprint density at radius 2 is 1.97 bits per heavy atom. The van der Waals surface area contributed by atoms with Gasteiger partial charge in [0.2, 0.25) is 5.69 Å². The number of para-hydroxylation sites is 1. The highest BCUT2D eigenvalue weighted by atomic mass is 32.2. The molecule has 1 aliphatic rings. The molecule has 1 atom stereocenters. The lowest BCUT2D eigenvalue weighted by Crippen LogP contribution is -2.44. The summed E-state index contributed by atoms with van der Waals surface area (Å²) < 4.78 is 36.1. The Balaban J connectivity index is 1.78. The van der Waals surface area contributed by atoms with Gasteiger partial charge in [-0.1, -0.05) is 31.5 Å². The first-order valence-electron chi connectivity index (χ1n) is 10.8. The summed E-state index contributed by atoms with van der Waals surface area (Å²) in [5, 5.41) is 4.28. The lowest BCUT2D eigenvalue weighted by atomic mass is 10.2. The summed E-state index contributed by atoms with van der Waals surface area (Å²) in [6.45, 7) is 4.02. The van der Waals surface area contributed by atoms with Crippen molar-refractivity contribution in [1.82, 2.24) is 14.7 Å².